The fraction of sp³-hybridized carbons (Fsp3) is 0.250. The van der Waals surface area contributed by atoms with E-state index in [2.05, 4.69) is 11.3 Å². The fourth-order valence-electron chi connectivity index (χ4n) is 1.43. The lowest BCUT2D eigenvalue weighted by Crippen LogP contribution is -2.26. The highest BCUT2D eigenvalue weighted by atomic mass is 32.2. The number of hydrogen-bond donors (Lipinski definition) is 2. The van der Waals surface area contributed by atoms with Crippen molar-refractivity contribution < 1.29 is 22.7 Å². The standard InChI is InChI=1S/C12H14FNO4S/c1-3-4-5-14-19(17,18)11-7-9(12(15)16)6-10(13)8(11)2/h3,6-7,14H,1,4-5H2,2H3,(H,15,16). The van der Waals surface area contributed by atoms with Crippen molar-refractivity contribution in [3.63, 3.8) is 0 Å². The molecule has 5 nitrogen and oxygen atoms in total. The van der Waals surface area contributed by atoms with Crippen molar-refractivity contribution >= 4 is 16.0 Å². The quantitative estimate of drug-likeness (QED) is 0.616. The summed E-state index contributed by atoms with van der Waals surface area (Å²) in [6.45, 7) is 4.85. The number of halogens is 1. The van der Waals surface area contributed by atoms with Gasteiger partial charge in [0.05, 0.1) is 10.5 Å². The smallest absolute Gasteiger partial charge is 0.335 e. The molecule has 0 radical (unpaired) electrons. The van der Waals surface area contributed by atoms with Crippen LogP contribution in [0.3, 0.4) is 0 Å². The number of sulfonamides is 1. The van der Waals surface area contributed by atoms with Gasteiger partial charge in [0.25, 0.3) is 0 Å². The van der Waals surface area contributed by atoms with Crippen molar-refractivity contribution in [1.82, 2.24) is 4.72 Å². The molecule has 0 amide bonds. The molecule has 0 heterocycles. The minimum absolute atomic E-state index is 0.115. The molecule has 0 bridgehead atoms. The van der Waals surface area contributed by atoms with Crippen LogP contribution in [0.2, 0.25) is 0 Å². The van der Waals surface area contributed by atoms with Crippen LogP contribution in [-0.2, 0) is 10.0 Å². The summed E-state index contributed by atoms with van der Waals surface area (Å²) in [5.74, 6) is -2.26. The Balaban J connectivity index is 3.25. The molecular formula is C12H14FNO4S. The summed E-state index contributed by atoms with van der Waals surface area (Å²) >= 11 is 0. The van der Waals surface area contributed by atoms with Gasteiger partial charge in [-0.2, -0.15) is 0 Å². The van der Waals surface area contributed by atoms with Crippen molar-refractivity contribution in [2.75, 3.05) is 6.54 Å². The molecule has 0 unspecified atom stereocenters. The van der Waals surface area contributed by atoms with Gasteiger partial charge in [-0.3, -0.25) is 0 Å². The van der Waals surface area contributed by atoms with Gasteiger partial charge in [0.15, 0.2) is 0 Å². The van der Waals surface area contributed by atoms with Gasteiger partial charge in [0.1, 0.15) is 5.82 Å². The summed E-state index contributed by atoms with van der Waals surface area (Å²) in [5.41, 5.74) is -0.525. The minimum atomic E-state index is -3.94. The average molecular weight is 287 g/mol. The predicted molar refractivity (Wildman–Crippen MR) is 68.1 cm³/mol. The molecule has 0 aliphatic heterocycles. The third-order valence-corrected chi connectivity index (χ3v) is 4.06. The van der Waals surface area contributed by atoms with Crippen LogP contribution in [0.1, 0.15) is 22.3 Å². The molecule has 1 aromatic carbocycles. The third kappa shape index (κ3) is 3.62. The Morgan fingerprint density at radius 2 is 2.16 bits per heavy atom. The number of nitrogens with one attached hydrogen (secondary N) is 1. The maximum absolute atomic E-state index is 13.5. The lowest BCUT2D eigenvalue weighted by atomic mass is 10.1. The molecule has 7 heteroatoms. The SMILES string of the molecule is C=CCCNS(=O)(=O)c1cc(C(=O)O)cc(F)c1C. The van der Waals surface area contributed by atoms with Gasteiger partial charge in [-0.25, -0.2) is 22.3 Å². The van der Waals surface area contributed by atoms with Crippen LogP contribution in [0, 0.1) is 12.7 Å². The molecule has 0 aliphatic rings. The second-order valence-corrected chi connectivity index (χ2v) is 5.60. The van der Waals surface area contributed by atoms with E-state index < -0.39 is 27.4 Å². The molecule has 1 rings (SSSR count). The summed E-state index contributed by atoms with van der Waals surface area (Å²) in [5, 5.41) is 8.81. The number of carboxylic acids is 1. The minimum Gasteiger partial charge on any atom is -0.478 e. The number of hydrogen-bond acceptors (Lipinski definition) is 3. The van der Waals surface area contributed by atoms with E-state index in [1.165, 1.54) is 13.0 Å². The summed E-state index contributed by atoms with van der Waals surface area (Å²) in [6, 6.07) is 1.73. The Morgan fingerprint density at radius 3 is 2.68 bits per heavy atom. The van der Waals surface area contributed by atoms with Crippen molar-refractivity contribution in [3.05, 3.63) is 41.7 Å². The first kappa shape index (κ1) is 15.3. The van der Waals surface area contributed by atoms with E-state index in [1.807, 2.05) is 0 Å². The van der Waals surface area contributed by atoms with E-state index >= 15 is 0 Å². The van der Waals surface area contributed by atoms with Crippen molar-refractivity contribution in [2.45, 2.75) is 18.2 Å². The first-order valence-corrected chi connectivity index (χ1v) is 6.92. The Bertz CT molecular complexity index is 610. The number of carboxylic acid groups (broad SMARTS) is 1. The van der Waals surface area contributed by atoms with Crippen LogP contribution in [0.25, 0.3) is 0 Å². The van der Waals surface area contributed by atoms with Crippen molar-refractivity contribution in [3.8, 4) is 0 Å². The molecule has 0 saturated heterocycles. The normalized spacial score (nSPS) is 11.3. The topological polar surface area (TPSA) is 83.5 Å². The van der Waals surface area contributed by atoms with Gasteiger partial charge in [-0.1, -0.05) is 6.08 Å². The van der Waals surface area contributed by atoms with E-state index in [0.29, 0.717) is 6.42 Å². The van der Waals surface area contributed by atoms with Crippen LogP contribution >= 0.6 is 0 Å². The van der Waals surface area contributed by atoms with Crippen molar-refractivity contribution in [2.24, 2.45) is 0 Å². The number of aromatic carboxylic acids is 1. The van der Waals surface area contributed by atoms with E-state index in [-0.39, 0.29) is 17.0 Å². The van der Waals surface area contributed by atoms with Crippen molar-refractivity contribution in [1.29, 1.82) is 0 Å². The molecule has 1 aromatic rings. The predicted octanol–water partition coefficient (Wildman–Crippen LogP) is 1.69. The van der Waals surface area contributed by atoms with Crippen LogP contribution < -0.4 is 4.72 Å². The van der Waals surface area contributed by atoms with Crippen LogP contribution in [0.4, 0.5) is 4.39 Å². The van der Waals surface area contributed by atoms with Gasteiger partial charge in [0, 0.05) is 12.1 Å². The highest BCUT2D eigenvalue weighted by molar-refractivity contribution is 7.89. The molecule has 2 N–H and O–H groups in total. The molecule has 19 heavy (non-hydrogen) atoms. The zero-order chi connectivity index (χ0) is 14.6. The van der Waals surface area contributed by atoms with Gasteiger partial charge >= 0.3 is 5.97 Å². The molecule has 0 fully saturated rings. The van der Waals surface area contributed by atoms with E-state index in [4.69, 9.17) is 5.11 Å². The Kier molecular flexibility index (Phi) is 4.79. The molecule has 0 aromatic heterocycles. The van der Waals surface area contributed by atoms with Gasteiger partial charge < -0.3 is 5.11 Å². The fourth-order valence-corrected chi connectivity index (χ4v) is 2.75. The molecule has 0 spiro atoms. The van der Waals surface area contributed by atoms with Crippen LogP contribution in [-0.4, -0.2) is 26.0 Å². The maximum atomic E-state index is 13.5. The lowest BCUT2D eigenvalue weighted by Gasteiger charge is -2.10. The Labute approximate surface area is 110 Å². The Morgan fingerprint density at radius 1 is 1.53 bits per heavy atom. The second-order valence-electron chi connectivity index (χ2n) is 3.86. The largest absolute Gasteiger partial charge is 0.478 e. The molecule has 0 aliphatic carbocycles. The lowest BCUT2D eigenvalue weighted by molar-refractivity contribution is 0.0696. The second kappa shape index (κ2) is 5.94. The van der Waals surface area contributed by atoms with Crippen LogP contribution in [0.5, 0.6) is 0 Å². The van der Waals surface area contributed by atoms with Gasteiger partial charge in [0.2, 0.25) is 10.0 Å². The summed E-state index contributed by atoms with van der Waals surface area (Å²) in [4.78, 5) is 10.4. The number of benzene rings is 1. The third-order valence-electron chi connectivity index (χ3n) is 2.47. The number of rotatable bonds is 6. The summed E-state index contributed by atoms with van der Waals surface area (Å²) in [6.07, 6.45) is 1.95. The first-order chi connectivity index (χ1) is 8.79. The van der Waals surface area contributed by atoms with E-state index in [0.717, 1.165) is 12.1 Å². The van der Waals surface area contributed by atoms with Gasteiger partial charge in [-0.05, 0) is 25.5 Å². The van der Waals surface area contributed by atoms with E-state index in [1.54, 1.807) is 0 Å². The van der Waals surface area contributed by atoms with Gasteiger partial charge in [-0.15, -0.1) is 6.58 Å². The average Bonchev–Trinajstić information content (AvgIpc) is 2.32. The maximum Gasteiger partial charge on any atom is 0.335 e. The molecule has 0 atom stereocenters. The Hall–Kier alpha value is -1.73. The summed E-state index contributed by atoms with van der Waals surface area (Å²) in [7, 11) is -3.94. The zero-order valence-corrected chi connectivity index (χ0v) is 11.1. The molecule has 104 valence electrons. The monoisotopic (exact) mass is 287 g/mol. The van der Waals surface area contributed by atoms with Crippen LogP contribution in [0.15, 0.2) is 29.7 Å². The molecular weight excluding hydrogens is 273 g/mol. The highest BCUT2D eigenvalue weighted by Crippen LogP contribution is 2.20. The summed E-state index contributed by atoms with van der Waals surface area (Å²) < 4.78 is 39.7. The number of carbonyl (C=O) groups is 1. The first-order valence-electron chi connectivity index (χ1n) is 5.43. The molecule has 0 saturated carbocycles. The zero-order valence-electron chi connectivity index (χ0n) is 10.3. The highest BCUT2D eigenvalue weighted by Gasteiger charge is 2.21. The van der Waals surface area contributed by atoms with E-state index in [9.17, 15) is 17.6 Å².